The van der Waals surface area contributed by atoms with Crippen molar-refractivity contribution >= 4 is 8.07 Å². The molecule has 0 saturated heterocycles. The first-order chi connectivity index (χ1) is 8.73. The summed E-state index contributed by atoms with van der Waals surface area (Å²) in [6.45, 7) is 13.8. The zero-order chi connectivity index (χ0) is 14.9. The molecule has 0 saturated carbocycles. The lowest BCUT2D eigenvalue weighted by atomic mass is 10.1. The second-order valence-corrected chi connectivity index (χ2v) is 13.4. The van der Waals surface area contributed by atoms with Gasteiger partial charge in [-0.3, -0.25) is 0 Å². The van der Waals surface area contributed by atoms with Crippen LogP contribution >= 0.6 is 0 Å². The summed E-state index contributed by atoms with van der Waals surface area (Å²) in [5, 5.41) is 10.7. The van der Waals surface area contributed by atoms with Crippen molar-refractivity contribution in [2.75, 3.05) is 0 Å². The van der Waals surface area contributed by atoms with Crippen molar-refractivity contribution in [1.29, 1.82) is 0 Å². The highest BCUT2D eigenvalue weighted by molar-refractivity contribution is 6.81. The van der Waals surface area contributed by atoms with Gasteiger partial charge in [0, 0.05) is 5.73 Å². The summed E-state index contributed by atoms with van der Waals surface area (Å²) in [6, 6.07) is 0. The van der Waals surface area contributed by atoms with Gasteiger partial charge in [-0.25, -0.2) is 0 Å². The third-order valence-electron chi connectivity index (χ3n) is 5.10. The maximum absolute atomic E-state index is 10.4. The minimum Gasteiger partial charge on any atom is -0.397 e. The lowest BCUT2D eigenvalue weighted by Gasteiger charge is -2.40. The molecule has 116 valence electrons. The van der Waals surface area contributed by atoms with Gasteiger partial charge < -0.3 is 5.11 Å². The van der Waals surface area contributed by atoms with Gasteiger partial charge in [-0.2, -0.15) is 0 Å². The molecular formula is C17H38OSi. The molecule has 0 rings (SSSR count). The van der Waals surface area contributed by atoms with Crippen molar-refractivity contribution in [3.63, 3.8) is 0 Å². The molecule has 1 N–H and O–H groups in total. The van der Waals surface area contributed by atoms with E-state index in [1.54, 1.807) is 0 Å². The van der Waals surface area contributed by atoms with E-state index in [0.29, 0.717) is 5.04 Å². The smallest absolute Gasteiger partial charge is 0.0864 e. The standard InChI is InChI=1S/C17H38OSi/c1-7-8-9-10-11-12-13-14-15-16(18)19(5,6)17(2,3)4/h16,18H,7-15H2,1-6H3. The van der Waals surface area contributed by atoms with Gasteiger partial charge in [0.25, 0.3) is 0 Å². The van der Waals surface area contributed by atoms with Crippen LogP contribution in [0.15, 0.2) is 0 Å². The Morgan fingerprint density at radius 3 is 1.68 bits per heavy atom. The van der Waals surface area contributed by atoms with Gasteiger partial charge in [-0.15, -0.1) is 0 Å². The van der Waals surface area contributed by atoms with Crippen molar-refractivity contribution in [1.82, 2.24) is 0 Å². The zero-order valence-corrected chi connectivity index (χ0v) is 15.4. The quantitative estimate of drug-likeness (QED) is 0.390. The fourth-order valence-electron chi connectivity index (χ4n) is 2.33. The second-order valence-electron chi connectivity index (χ2n) is 7.75. The number of aliphatic hydroxyl groups is 1. The van der Waals surface area contributed by atoms with Crippen LogP contribution in [0.2, 0.25) is 18.1 Å². The molecule has 0 spiro atoms. The molecule has 0 aliphatic rings. The largest absolute Gasteiger partial charge is 0.397 e. The average Bonchev–Trinajstić information content (AvgIpc) is 2.30. The first kappa shape index (κ1) is 19.2. The Kier molecular flexibility index (Phi) is 9.26. The SMILES string of the molecule is CCCCCCCCCCC(O)[Si](C)(C)C(C)(C)C. The molecule has 0 aromatic rings. The van der Waals surface area contributed by atoms with Crippen LogP contribution in [-0.4, -0.2) is 18.9 Å². The van der Waals surface area contributed by atoms with Crippen molar-refractivity contribution in [2.45, 2.75) is 109 Å². The van der Waals surface area contributed by atoms with E-state index in [1.807, 2.05) is 0 Å². The Balaban J connectivity index is 3.67. The molecule has 0 aliphatic carbocycles. The molecule has 0 bridgehead atoms. The molecule has 1 atom stereocenters. The van der Waals surface area contributed by atoms with Crippen LogP contribution in [0.1, 0.15) is 85.5 Å². The molecule has 0 amide bonds. The number of aliphatic hydroxyl groups excluding tert-OH is 1. The molecule has 0 aliphatic heterocycles. The summed E-state index contributed by atoms with van der Waals surface area (Å²) in [4.78, 5) is 0. The van der Waals surface area contributed by atoms with Crippen LogP contribution < -0.4 is 0 Å². The molecule has 0 radical (unpaired) electrons. The van der Waals surface area contributed by atoms with Gasteiger partial charge in [0.15, 0.2) is 0 Å². The van der Waals surface area contributed by atoms with Gasteiger partial charge in [-0.1, -0.05) is 92.2 Å². The average molecular weight is 287 g/mol. The molecule has 1 nitrogen and oxygen atoms in total. The Bertz CT molecular complexity index is 218. The van der Waals surface area contributed by atoms with E-state index in [-0.39, 0.29) is 5.73 Å². The fourth-order valence-corrected chi connectivity index (χ4v) is 4.26. The van der Waals surface area contributed by atoms with Crippen LogP contribution in [0, 0.1) is 0 Å². The Hall–Kier alpha value is 0.177. The summed E-state index contributed by atoms with van der Waals surface area (Å²) in [5.74, 6) is 0. The van der Waals surface area contributed by atoms with E-state index in [9.17, 15) is 5.11 Å². The normalized spacial score (nSPS) is 14.7. The lowest BCUT2D eigenvalue weighted by molar-refractivity contribution is 0.222. The first-order valence-electron chi connectivity index (χ1n) is 8.41. The highest BCUT2D eigenvalue weighted by atomic mass is 28.3. The summed E-state index contributed by atoms with van der Waals surface area (Å²) in [6.07, 6.45) is 11.8. The van der Waals surface area contributed by atoms with Crippen LogP contribution in [0.5, 0.6) is 0 Å². The monoisotopic (exact) mass is 286 g/mol. The predicted molar refractivity (Wildman–Crippen MR) is 90.4 cm³/mol. The second kappa shape index (κ2) is 9.18. The third-order valence-corrected chi connectivity index (χ3v) is 10.9. The van der Waals surface area contributed by atoms with Crippen molar-refractivity contribution < 1.29 is 5.11 Å². The van der Waals surface area contributed by atoms with E-state index in [4.69, 9.17) is 0 Å². The molecule has 0 fully saturated rings. The van der Waals surface area contributed by atoms with E-state index in [2.05, 4.69) is 40.8 Å². The molecule has 2 heteroatoms. The predicted octanol–water partition coefficient (Wildman–Crippen LogP) is 5.93. The Morgan fingerprint density at radius 2 is 1.26 bits per heavy atom. The summed E-state index contributed by atoms with van der Waals surface area (Å²) in [5.41, 5.74) is -0.0346. The molecule has 0 aromatic heterocycles. The highest BCUT2D eigenvalue weighted by Gasteiger charge is 2.40. The van der Waals surface area contributed by atoms with E-state index in [1.165, 1.54) is 51.4 Å². The highest BCUT2D eigenvalue weighted by Crippen LogP contribution is 2.39. The molecule has 19 heavy (non-hydrogen) atoms. The number of hydrogen-bond acceptors (Lipinski definition) is 1. The molecule has 0 heterocycles. The topological polar surface area (TPSA) is 20.2 Å². The van der Waals surface area contributed by atoms with E-state index >= 15 is 0 Å². The van der Waals surface area contributed by atoms with Gasteiger partial charge in [0.1, 0.15) is 0 Å². The van der Waals surface area contributed by atoms with Crippen molar-refractivity contribution in [3.05, 3.63) is 0 Å². The van der Waals surface area contributed by atoms with Gasteiger partial charge in [-0.05, 0) is 11.5 Å². The lowest BCUT2D eigenvalue weighted by Crippen LogP contribution is -2.49. The number of unbranched alkanes of at least 4 members (excludes halogenated alkanes) is 7. The van der Waals surface area contributed by atoms with Crippen LogP contribution in [0.25, 0.3) is 0 Å². The molecular weight excluding hydrogens is 248 g/mol. The summed E-state index contributed by atoms with van der Waals surface area (Å²) < 4.78 is 0. The van der Waals surface area contributed by atoms with E-state index < -0.39 is 8.07 Å². The zero-order valence-electron chi connectivity index (χ0n) is 14.4. The van der Waals surface area contributed by atoms with Crippen molar-refractivity contribution in [2.24, 2.45) is 0 Å². The fraction of sp³-hybridized carbons (Fsp3) is 1.00. The molecule has 0 aromatic carbocycles. The van der Waals surface area contributed by atoms with Gasteiger partial charge >= 0.3 is 0 Å². The van der Waals surface area contributed by atoms with Crippen molar-refractivity contribution in [3.8, 4) is 0 Å². The van der Waals surface area contributed by atoms with Gasteiger partial charge in [0.05, 0.1) is 8.07 Å². The maximum Gasteiger partial charge on any atom is 0.0864 e. The minimum atomic E-state index is -1.54. The third kappa shape index (κ3) is 7.50. The Labute approximate surface area is 123 Å². The first-order valence-corrected chi connectivity index (χ1v) is 11.5. The maximum atomic E-state index is 10.4. The number of rotatable bonds is 10. The van der Waals surface area contributed by atoms with E-state index in [0.717, 1.165) is 6.42 Å². The summed E-state index contributed by atoms with van der Waals surface area (Å²) in [7, 11) is -1.54. The Morgan fingerprint density at radius 1 is 0.842 bits per heavy atom. The molecule has 1 unspecified atom stereocenters. The van der Waals surface area contributed by atoms with Crippen LogP contribution in [0.4, 0.5) is 0 Å². The van der Waals surface area contributed by atoms with Gasteiger partial charge in [0.2, 0.25) is 0 Å². The summed E-state index contributed by atoms with van der Waals surface area (Å²) >= 11 is 0. The number of hydrogen-bond donors (Lipinski definition) is 1. The van der Waals surface area contributed by atoms with Crippen LogP contribution in [-0.2, 0) is 0 Å². The minimum absolute atomic E-state index is 0.0346. The van der Waals surface area contributed by atoms with Crippen LogP contribution in [0.3, 0.4) is 0 Å².